The number of benzene rings is 2. The zero-order chi connectivity index (χ0) is 20.1. The first-order valence-electron chi connectivity index (χ1n) is 8.89. The van der Waals surface area contributed by atoms with E-state index in [0.717, 1.165) is 22.4 Å². The van der Waals surface area contributed by atoms with Gasteiger partial charge in [-0.3, -0.25) is 4.79 Å². The highest BCUT2D eigenvalue weighted by Gasteiger charge is 2.26. The summed E-state index contributed by atoms with van der Waals surface area (Å²) in [6.07, 6.45) is 0. The second kappa shape index (κ2) is 8.93. The molecular weight excluding hydrogens is 374 g/mol. The molecule has 0 spiro atoms. The molecule has 0 radical (unpaired) electrons. The zero-order valence-electron chi connectivity index (χ0n) is 16.4. The third kappa shape index (κ3) is 4.92. The van der Waals surface area contributed by atoms with Gasteiger partial charge in [0.05, 0.1) is 0 Å². The van der Waals surface area contributed by atoms with Crippen LogP contribution in [-0.4, -0.2) is 35.1 Å². The van der Waals surface area contributed by atoms with Crippen molar-refractivity contribution >= 4 is 17.7 Å². The molecule has 1 amide bonds. The molecule has 0 bridgehead atoms. The lowest BCUT2D eigenvalue weighted by molar-refractivity contribution is -0.128. The highest BCUT2D eigenvalue weighted by molar-refractivity contribution is 8.00. The Kier molecular flexibility index (Phi) is 6.36. The molecule has 0 aliphatic carbocycles. The lowest BCUT2D eigenvalue weighted by Crippen LogP contribution is -2.26. The first-order chi connectivity index (χ1) is 13.4. The topological polar surface area (TPSA) is 68.5 Å². The molecule has 0 aliphatic rings. The van der Waals surface area contributed by atoms with Crippen LogP contribution in [0.5, 0.6) is 5.75 Å². The SMILES string of the molecule is Cc1ccc(C)c(OCc2nnc(S[C@@H](C(=O)N(C)C)c3ccccc3)o2)c1. The largest absolute Gasteiger partial charge is 0.484 e. The van der Waals surface area contributed by atoms with Crippen molar-refractivity contribution < 1.29 is 13.9 Å². The Balaban J connectivity index is 1.71. The Morgan fingerprint density at radius 2 is 1.89 bits per heavy atom. The van der Waals surface area contributed by atoms with Crippen LogP contribution in [0.2, 0.25) is 0 Å². The minimum Gasteiger partial charge on any atom is -0.484 e. The first kappa shape index (κ1) is 19.9. The fourth-order valence-corrected chi connectivity index (χ4v) is 3.61. The van der Waals surface area contributed by atoms with Crippen LogP contribution >= 0.6 is 11.8 Å². The van der Waals surface area contributed by atoms with E-state index in [-0.39, 0.29) is 12.5 Å². The van der Waals surface area contributed by atoms with Crippen LogP contribution in [0.3, 0.4) is 0 Å². The summed E-state index contributed by atoms with van der Waals surface area (Å²) in [4.78, 5) is 14.2. The van der Waals surface area contributed by atoms with E-state index in [1.807, 2.05) is 62.4 Å². The number of aryl methyl sites for hydroxylation is 2. The number of ether oxygens (including phenoxy) is 1. The fraction of sp³-hybridized carbons (Fsp3) is 0.286. The zero-order valence-corrected chi connectivity index (χ0v) is 17.2. The first-order valence-corrected chi connectivity index (χ1v) is 9.77. The third-order valence-corrected chi connectivity index (χ3v) is 5.21. The monoisotopic (exact) mass is 397 g/mol. The number of aromatic nitrogens is 2. The van der Waals surface area contributed by atoms with Crippen LogP contribution in [0.15, 0.2) is 58.2 Å². The number of thioether (sulfide) groups is 1. The van der Waals surface area contributed by atoms with Crippen molar-refractivity contribution in [1.82, 2.24) is 15.1 Å². The molecule has 0 fully saturated rings. The molecule has 6 nitrogen and oxygen atoms in total. The maximum absolute atomic E-state index is 12.6. The minimum absolute atomic E-state index is 0.0393. The smallest absolute Gasteiger partial charge is 0.277 e. The van der Waals surface area contributed by atoms with Crippen LogP contribution < -0.4 is 4.74 Å². The van der Waals surface area contributed by atoms with Gasteiger partial charge in [0.15, 0.2) is 6.61 Å². The van der Waals surface area contributed by atoms with Crippen molar-refractivity contribution in [1.29, 1.82) is 0 Å². The second-order valence-electron chi connectivity index (χ2n) is 6.66. The number of rotatable bonds is 7. The molecular formula is C21H23N3O3S. The lowest BCUT2D eigenvalue weighted by Gasteiger charge is -2.18. The van der Waals surface area contributed by atoms with Crippen molar-refractivity contribution in [2.24, 2.45) is 0 Å². The minimum atomic E-state index is -0.454. The molecule has 7 heteroatoms. The van der Waals surface area contributed by atoms with E-state index < -0.39 is 5.25 Å². The van der Waals surface area contributed by atoms with E-state index in [1.165, 1.54) is 11.8 Å². The predicted octanol–water partition coefficient (Wildman–Crippen LogP) is 4.19. The standard InChI is InChI=1S/C21H23N3O3S/c1-14-10-11-15(2)17(12-14)26-13-18-22-23-21(27-18)28-19(20(25)24(3)4)16-8-6-5-7-9-16/h5-12,19H,13H2,1-4H3/t19-/m1/s1. The summed E-state index contributed by atoms with van der Waals surface area (Å²) in [5, 5.41) is 8.00. The molecule has 1 atom stereocenters. The van der Waals surface area contributed by atoms with E-state index >= 15 is 0 Å². The molecule has 0 unspecified atom stereocenters. The second-order valence-corrected chi connectivity index (χ2v) is 7.72. The normalized spacial score (nSPS) is 11.9. The summed E-state index contributed by atoms with van der Waals surface area (Å²) in [5.74, 6) is 1.12. The molecule has 0 saturated carbocycles. The molecule has 2 aromatic carbocycles. The summed E-state index contributed by atoms with van der Waals surface area (Å²) >= 11 is 1.24. The van der Waals surface area contributed by atoms with Crippen molar-refractivity contribution in [3.05, 3.63) is 71.1 Å². The average molecular weight is 398 g/mol. The van der Waals surface area contributed by atoms with Crippen LogP contribution in [0, 0.1) is 13.8 Å². The van der Waals surface area contributed by atoms with E-state index in [2.05, 4.69) is 10.2 Å². The molecule has 0 saturated heterocycles. The van der Waals surface area contributed by atoms with Crippen LogP contribution in [0.1, 0.15) is 27.8 Å². The van der Waals surface area contributed by atoms with E-state index in [0.29, 0.717) is 11.1 Å². The average Bonchev–Trinajstić information content (AvgIpc) is 3.14. The highest BCUT2D eigenvalue weighted by Crippen LogP contribution is 2.35. The third-order valence-electron chi connectivity index (χ3n) is 4.13. The summed E-state index contributed by atoms with van der Waals surface area (Å²) in [6, 6.07) is 15.6. The van der Waals surface area contributed by atoms with Crippen molar-refractivity contribution in [3.8, 4) is 5.75 Å². The predicted molar refractivity (Wildman–Crippen MR) is 108 cm³/mol. The number of hydrogen-bond donors (Lipinski definition) is 0. The van der Waals surface area contributed by atoms with Gasteiger partial charge >= 0.3 is 0 Å². The Bertz CT molecular complexity index is 941. The molecule has 3 aromatic rings. The van der Waals surface area contributed by atoms with Gasteiger partial charge in [0, 0.05) is 14.1 Å². The van der Waals surface area contributed by atoms with Gasteiger partial charge in [-0.1, -0.05) is 42.5 Å². The van der Waals surface area contributed by atoms with Crippen LogP contribution in [0.25, 0.3) is 0 Å². The summed E-state index contributed by atoms with van der Waals surface area (Å²) in [5.41, 5.74) is 3.05. The number of carbonyl (C=O) groups is 1. The molecule has 0 aliphatic heterocycles. The summed E-state index contributed by atoms with van der Waals surface area (Å²) in [6.45, 7) is 4.18. The van der Waals surface area contributed by atoms with Gasteiger partial charge in [-0.25, -0.2) is 0 Å². The van der Waals surface area contributed by atoms with Gasteiger partial charge < -0.3 is 14.1 Å². The molecule has 28 heavy (non-hydrogen) atoms. The van der Waals surface area contributed by atoms with Crippen molar-refractivity contribution in [2.75, 3.05) is 14.1 Å². The highest BCUT2D eigenvalue weighted by atomic mass is 32.2. The van der Waals surface area contributed by atoms with E-state index in [4.69, 9.17) is 9.15 Å². The summed E-state index contributed by atoms with van der Waals surface area (Å²) < 4.78 is 11.5. The molecule has 0 N–H and O–H groups in total. The van der Waals surface area contributed by atoms with Gasteiger partial charge in [0.1, 0.15) is 11.0 Å². The molecule has 3 rings (SSSR count). The van der Waals surface area contributed by atoms with Gasteiger partial charge in [-0.15, -0.1) is 10.2 Å². The van der Waals surface area contributed by atoms with E-state index in [9.17, 15) is 4.79 Å². The maximum Gasteiger partial charge on any atom is 0.277 e. The number of carbonyl (C=O) groups excluding carboxylic acids is 1. The van der Waals surface area contributed by atoms with Gasteiger partial charge in [-0.05, 0) is 48.4 Å². The summed E-state index contributed by atoms with van der Waals surface area (Å²) in [7, 11) is 3.46. The maximum atomic E-state index is 12.6. The van der Waals surface area contributed by atoms with Crippen molar-refractivity contribution in [3.63, 3.8) is 0 Å². The molecule has 1 heterocycles. The van der Waals surface area contributed by atoms with Gasteiger partial charge in [0.2, 0.25) is 5.91 Å². The molecule has 1 aromatic heterocycles. The van der Waals surface area contributed by atoms with Crippen LogP contribution in [0.4, 0.5) is 0 Å². The Labute approximate surface area is 168 Å². The van der Waals surface area contributed by atoms with Crippen molar-refractivity contribution in [2.45, 2.75) is 30.9 Å². The number of amides is 1. The molecule has 146 valence electrons. The van der Waals surface area contributed by atoms with Gasteiger partial charge in [0.25, 0.3) is 11.1 Å². The van der Waals surface area contributed by atoms with Crippen LogP contribution in [-0.2, 0) is 11.4 Å². The van der Waals surface area contributed by atoms with E-state index in [1.54, 1.807) is 19.0 Å². The Morgan fingerprint density at radius 1 is 1.14 bits per heavy atom. The number of hydrogen-bond acceptors (Lipinski definition) is 6. The Hall–Kier alpha value is -2.80. The lowest BCUT2D eigenvalue weighted by atomic mass is 10.1. The number of nitrogens with zero attached hydrogens (tertiary/aromatic N) is 3. The van der Waals surface area contributed by atoms with Gasteiger partial charge in [-0.2, -0.15) is 0 Å². The fourth-order valence-electron chi connectivity index (χ4n) is 2.57. The Morgan fingerprint density at radius 3 is 2.61 bits per heavy atom. The quantitative estimate of drug-likeness (QED) is 0.557. The number of likely N-dealkylation sites (N-methyl/N-ethyl adjacent to an activating group) is 1.